The van der Waals surface area contributed by atoms with Crippen molar-refractivity contribution in [1.29, 1.82) is 0 Å². The SMILES string of the molecule is COc1ccc(COCC(O)COc2ccc(NC(C)=O)cc2)cc1. The smallest absolute Gasteiger partial charge is 0.221 e. The molecule has 0 spiro atoms. The molecule has 1 atom stereocenters. The summed E-state index contributed by atoms with van der Waals surface area (Å²) in [5, 5.41) is 12.6. The van der Waals surface area contributed by atoms with Gasteiger partial charge in [-0.15, -0.1) is 0 Å². The Balaban J connectivity index is 1.67. The van der Waals surface area contributed by atoms with Crippen LogP contribution in [-0.4, -0.2) is 37.4 Å². The molecule has 0 fully saturated rings. The average Bonchev–Trinajstić information content (AvgIpc) is 2.61. The Morgan fingerprint density at radius 2 is 1.68 bits per heavy atom. The maximum atomic E-state index is 11.0. The highest BCUT2D eigenvalue weighted by molar-refractivity contribution is 5.88. The maximum Gasteiger partial charge on any atom is 0.221 e. The molecule has 0 bridgehead atoms. The molecule has 0 heterocycles. The first-order valence-electron chi connectivity index (χ1n) is 7.96. The minimum absolute atomic E-state index is 0.127. The van der Waals surface area contributed by atoms with Crippen molar-refractivity contribution in [2.24, 2.45) is 0 Å². The van der Waals surface area contributed by atoms with Gasteiger partial charge in [-0.3, -0.25) is 4.79 Å². The van der Waals surface area contributed by atoms with Gasteiger partial charge in [-0.1, -0.05) is 12.1 Å². The molecule has 2 rings (SSSR count). The van der Waals surface area contributed by atoms with Crippen LogP contribution in [0.4, 0.5) is 5.69 Å². The van der Waals surface area contributed by atoms with Gasteiger partial charge in [0.15, 0.2) is 0 Å². The number of aliphatic hydroxyl groups excluding tert-OH is 1. The predicted molar refractivity (Wildman–Crippen MR) is 94.9 cm³/mol. The van der Waals surface area contributed by atoms with E-state index in [2.05, 4.69) is 5.32 Å². The number of methoxy groups -OCH3 is 1. The fourth-order valence-electron chi connectivity index (χ4n) is 2.11. The Labute approximate surface area is 147 Å². The number of aliphatic hydroxyl groups is 1. The van der Waals surface area contributed by atoms with Crippen molar-refractivity contribution in [2.75, 3.05) is 25.6 Å². The number of anilines is 1. The van der Waals surface area contributed by atoms with E-state index in [1.807, 2.05) is 24.3 Å². The molecule has 0 radical (unpaired) electrons. The number of benzene rings is 2. The van der Waals surface area contributed by atoms with Gasteiger partial charge in [0.1, 0.15) is 24.2 Å². The lowest BCUT2D eigenvalue weighted by atomic mass is 10.2. The van der Waals surface area contributed by atoms with Gasteiger partial charge in [-0.05, 0) is 42.0 Å². The molecule has 1 amide bonds. The third-order valence-corrected chi connectivity index (χ3v) is 3.36. The number of amides is 1. The number of ether oxygens (including phenoxy) is 3. The molecule has 6 heteroatoms. The summed E-state index contributed by atoms with van der Waals surface area (Å²) in [6, 6.07) is 14.5. The lowest BCUT2D eigenvalue weighted by Crippen LogP contribution is -2.23. The minimum Gasteiger partial charge on any atom is -0.497 e. The first-order chi connectivity index (χ1) is 12.1. The fraction of sp³-hybridized carbons (Fsp3) is 0.316. The second kappa shape index (κ2) is 9.66. The third-order valence-electron chi connectivity index (χ3n) is 3.36. The molecule has 0 saturated carbocycles. The van der Waals surface area contributed by atoms with E-state index in [4.69, 9.17) is 14.2 Å². The Bertz CT molecular complexity index is 655. The van der Waals surface area contributed by atoms with E-state index in [0.29, 0.717) is 18.0 Å². The largest absolute Gasteiger partial charge is 0.497 e. The quantitative estimate of drug-likeness (QED) is 0.730. The number of rotatable bonds is 9. The highest BCUT2D eigenvalue weighted by Crippen LogP contribution is 2.16. The molecule has 2 aromatic carbocycles. The monoisotopic (exact) mass is 345 g/mol. The van der Waals surface area contributed by atoms with Gasteiger partial charge in [-0.25, -0.2) is 0 Å². The van der Waals surface area contributed by atoms with Crippen LogP contribution in [0.1, 0.15) is 12.5 Å². The zero-order chi connectivity index (χ0) is 18.1. The Morgan fingerprint density at radius 3 is 2.28 bits per heavy atom. The van der Waals surface area contributed by atoms with Crippen LogP contribution in [0.15, 0.2) is 48.5 Å². The number of hydrogen-bond acceptors (Lipinski definition) is 5. The predicted octanol–water partition coefficient (Wildman–Crippen LogP) is 2.61. The standard InChI is InChI=1S/C19H23NO5/c1-14(21)20-16-5-9-19(10-6-16)25-13-17(22)12-24-11-15-3-7-18(23-2)8-4-15/h3-10,17,22H,11-13H2,1-2H3,(H,20,21). The van der Waals surface area contributed by atoms with Gasteiger partial charge < -0.3 is 24.6 Å². The molecule has 0 saturated heterocycles. The zero-order valence-electron chi connectivity index (χ0n) is 14.4. The molecule has 6 nitrogen and oxygen atoms in total. The van der Waals surface area contributed by atoms with Crippen LogP contribution in [0.2, 0.25) is 0 Å². The molecular formula is C19H23NO5. The second-order valence-corrected chi connectivity index (χ2v) is 5.53. The van der Waals surface area contributed by atoms with Crippen molar-refractivity contribution in [1.82, 2.24) is 0 Å². The second-order valence-electron chi connectivity index (χ2n) is 5.53. The molecule has 25 heavy (non-hydrogen) atoms. The lowest BCUT2D eigenvalue weighted by Gasteiger charge is -2.13. The maximum absolute atomic E-state index is 11.0. The summed E-state index contributed by atoms with van der Waals surface area (Å²) in [6.45, 7) is 2.16. The summed E-state index contributed by atoms with van der Waals surface area (Å²) in [5.41, 5.74) is 1.70. The van der Waals surface area contributed by atoms with E-state index in [1.54, 1.807) is 31.4 Å². The summed E-state index contributed by atoms with van der Waals surface area (Å²) in [6.07, 6.45) is -0.728. The molecule has 2 aromatic rings. The highest BCUT2D eigenvalue weighted by atomic mass is 16.5. The van der Waals surface area contributed by atoms with E-state index in [0.717, 1.165) is 11.3 Å². The van der Waals surface area contributed by atoms with Crippen molar-refractivity contribution in [3.63, 3.8) is 0 Å². The first-order valence-corrected chi connectivity index (χ1v) is 7.96. The summed E-state index contributed by atoms with van der Waals surface area (Å²) in [7, 11) is 1.62. The summed E-state index contributed by atoms with van der Waals surface area (Å²) >= 11 is 0. The van der Waals surface area contributed by atoms with Crippen molar-refractivity contribution in [3.8, 4) is 11.5 Å². The minimum atomic E-state index is -0.728. The molecule has 0 aliphatic carbocycles. The van der Waals surface area contributed by atoms with Crippen molar-refractivity contribution in [2.45, 2.75) is 19.6 Å². The fourth-order valence-corrected chi connectivity index (χ4v) is 2.11. The highest BCUT2D eigenvalue weighted by Gasteiger charge is 2.06. The van der Waals surface area contributed by atoms with Gasteiger partial charge in [0.25, 0.3) is 0 Å². The summed E-state index contributed by atoms with van der Waals surface area (Å²) in [4.78, 5) is 11.0. The van der Waals surface area contributed by atoms with Crippen molar-refractivity contribution >= 4 is 11.6 Å². The number of hydrogen-bond donors (Lipinski definition) is 2. The summed E-state index contributed by atoms with van der Waals surface area (Å²) < 4.78 is 16.1. The van der Waals surface area contributed by atoms with Crippen LogP contribution >= 0.6 is 0 Å². The third kappa shape index (κ3) is 6.82. The van der Waals surface area contributed by atoms with Crippen LogP contribution in [0.3, 0.4) is 0 Å². The molecular weight excluding hydrogens is 322 g/mol. The summed E-state index contributed by atoms with van der Waals surface area (Å²) in [5.74, 6) is 1.28. The van der Waals surface area contributed by atoms with Crippen molar-refractivity contribution < 1.29 is 24.1 Å². The van der Waals surface area contributed by atoms with E-state index >= 15 is 0 Å². The van der Waals surface area contributed by atoms with Gasteiger partial charge in [0.05, 0.1) is 20.3 Å². The van der Waals surface area contributed by atoms with Gasteiger partial charge in [0.2, 0.25) is 5.91 Å². The topological polar surface area (TPSA) is 77.0 Å². The van der Waals surface area contributed by atoms with Crippen LogP contribution in [-0.2, 0) is 16.1 Å². The van der Waals surface area contributed by atoms with Crippen LogP contribution in [0.25, 0.3) is 0 Å². The van der Waals surface area contributed by atoms with Crippen LogP contribution in [0, 0.1) is 0 Å². The number of nitrogens with one attached hydrogen (secondary N) is 1. The van der Waals surface area contributed by atoms with Gasteiger partial charge in [-0.2, -0.15) is 0 Å². The Morgan fingerprint density at radius 1 is 1.04 bits per heavy atom. The zero-order valence-corrected chi connectivity index (χ0v) is 14.4. The number of carbonyl (C=O) groups is 1. The van der Waals surface area contributed by atoms with E-state index < -0.39 is 6.10 Å². The van der Waals surface area contributed by atoms with Crippen LogP contribution in [0.5, 0.6) is 11.5 Å². The molecule has 1 unspecified atom stereocenters. The van der Waals surface area contributed by atoms with Gasteiger partial charge in [0, 0.05) is 12.6 Å². The van der Waals surface area contributed by atoms with Crippen LogP contribution < -0.4 is 14.8 Å². The Kier molecular flexibility index (Phi) is 7.25. The average molecular weight is 345 g/mol. The van der Waals surface area contributed by atoms with Crippen molar-refractivity contribution in [3.05, 3.63) is 54.1 Å². The molecule has 2 N–H and O–H groups in total. The lowest BCUT2D eigenvalue weighted by molar-refractivity contribution is -0.114. The van der Waals surface area contributed by atoms with E-state index in [1.165, 1.54) is 6.92 Å². The molecule has 134 valence electrons. The molecule has 0 aliphatic rings. The number of carbonyl (C=O) groups excluding carboxylic acids is 1. The first kappa shape index (κ1) is 18.8. The Hall–Kier alpha value is -2.57. The van der Waals surface area contributed by atoms with E-state index in [-0.39, 0.29) is 19.1 Å². The normalized spacial score (nSPS) is 11.6. The van der Waals surface area contributed by atoms with Gasteiger partial charge >= 0.3 is 0 Å². The molecule has 0 aromatic heterocycles. The molecule has 0 aliphatic heterocycles. The van der Waals surface area contributed by atoms with E-state index in [9.17, 15) is 9.90 Å².